The number of ether oxygens (including phenoxy) is 1. The third kappa shape index (κ3) is 4.94. The molecule has 5 nitrogen and oxygen atoms in total. The molecule has 200 valence electrons. The number of aromatic nitrogens is 2. The molecule has 2 fully saturated rings. The van der Waals surface area contributed by atoms with Gasteiger partial charge in [-0.25, -0.2) is 0 Å². The Morgan fingerprint density at radius 3 is 2.26 bits per heavy atom. The molecule has 6 rings (SSSR count). The molecule has 1 aliphatic heterocycles. The van der Waals surface area contributed by atoms with Crippen molar-refractivity contribution in [3.05, 3.63) is 107 Å². The second kappa shape index (κ2) is 10.5. The van der Waals surface area contributed by atoms with E-state index in [9.17, 15) is 0 Å². The van der Waals surface area contributed by atoms with Gasteiger partial charge in [0.05, 0.1) is 23.9 Å². The van der Waals surface area contributed by atoms with Crippen molar-refractivity contribution in [1.29, 1.82) is 0 Å². The molecule has 0 bridgehead atoms. The second-order valence-corrected chi connectivity index (χ2v) is 11.4. The van der Waals surface area contributed by atoms with Crippen LogP contribution in [-0.4, -0.2) is 20.8 Å². The van der Waals surface area contributed by atoms with Crippen LogP contribution in [0, 0.1) is 27.7 Å². The standard InChI is InChI=1S/C33H36N4OS/c1-21-17-22(2)19-26(18-21)36-23(3)20-29(24(36)4)32-31(30-11-7-8-16-34-30)35-33(39)37(32)25-12-14-28(15-13-25)38-27-9-5-6-10-27/h7-8,11-20,27,31-32H,5-6,9-10H2,1-4H3,(H,35,39)/t31-,32-/m1/s1. The largest absolute Gasteiger partial charge is 0.490 e. The van der Waals surface area contributed by atoms with Gasteiger partial charge in [0.15, 0.2) is 5.11 Å². The summed E-state index contributed by atoms with van der Waals surface area (Å²) in [6.07, 6.45) is 6.99. The molecule has 3 heterocycles. The van der Waals surface area contributed by atoms with Gasteiger partial charge in [-0.2, -0.15) is 0 Å². The number of thiocarbonyl (C=S) groups is 1. The molecule has 2 aromatic carbocycles. The predicted octanol–water partition coefficient (Wildman–Crippen LogP) is 7.60. The first-order chi connectivity index (χ1) is 18.9. The first-order valence-corrected chi connectivity index (χ1v) is 14.3. The maximum absolute atomic E-state index is 6.25. The van der Waals surface area contributed by atoms with Gasteiger partial charge in [-0.15, -0.1) is 0 Å². The zero-order valence-electron chi connectivity index (χ0n) is 23.1. The van der Waals surface area contributed by atoms with Crippen molar-refractivity contribution >= 4 is 23.0 Å². The molecule has 0 spiro atoms. The molecule has 6 heteroatoms. The fraction of sp³-hybridized carbons (Fsp3) is 0.333. The van der Waals surface area contributed by atoms with Crippen LogP contribution in [0.1, 0.15) is 71.5 Å². The summed E-state index contributed by atoms with van der Waals surface area (Å²) >= 11 is 5.98. The third-order valence-electron chi connectivity index (χ3n) is 8.07. The quantitative estimate of drug-likeness (QED) is 0.257. The van der Waals surface area contributed by atoms with E-state index in [0.29, 0.717) is 11.2 Å². The number of benzene rings is 2. The van der Waals surface area contributed by atoms with E-state index in [1.165, 1.54) is 46.6 Å². The van der Waals surface area contributed by atoms with Gasteiger partial charge in [0.25, 0.3) is 0 Å². The summed E-state index contributed by atoms with van der Waals surface area (Å²) in [6.45, 7) is 8.71. The topological polar surface area (TPSA) is 42.3 Å². The lowest BCUT2D eigenvalue weighted by Gasteiger charge is -2.28. The van der Waals surface area contributed by atoms with Crippen LogP contribution in [0.3, 0.4) is 0 Å². The fourth-order valence-electron chi connectivity index (χ4n) is 6.40. The molecule has 1 saturated carbocycles. The Labute approximate surface area is 236 Å². The molecule has 0 radical (unpaired) electrons. The van der Waals surface area contributed by atoms with Crippen LogP contribution in [-0.2, 0) is 0 Å². The number of rotatable bonds is 6. The summed E-state index contributed by atoms with van der Waals surface area (Å²) in [5, 5.41) is 4.31. The highest BCUT2D eigenvalue weighted by Crippen LogP contribution is 2.44. The van der Waals surface area contributed by atoms with Crippen LogP contribution in [0.25, 0.3) is 5.69 Å². The third-order valence-corrected chi connectivity index (χ3v) is 8.39. The number of aryl methyl sites for hydroxylation is 3. The van der Waals surface area contributed by atoms with Gasteiger partial charge in [-0.05, 0) is 137 Å². The van der Waals surface area contributed by atoms with E-state index in [1.807, 2.05) is 18.3 Å². The lowest BCUT2D eigenvalue weighted by Crippen LogP contribution is -2.29. The average Bonchev–Trinajstić information content (AvgIpc) is 3.62. The highest BCUT2D eigenvalue weighted by atomic mass is 32.1. The van der Waals surface area contributed by atoms with Crippen molar-refractivity contribution in [2.75, 3.05) is 4.90 Å². The van der Waals surface area contributed by atoms with E-state index < -0.39 is 0 Å². The second-order valence-electron chi connectivity index (χ2n) is 11.0. The normalized spacial score (nSPS) is 19.5. The highest BCUT2D eigenvalue weighted by molar-refractivity contribution is 7.80. The number of pyridine rings is 1. The lowest BCUT2D eigenvalue weighted by molar-refractivity contribution is 0.210. The van der Waals surface area contributed by atoms with Crippen LogP contribution in [0.4, 0.5) is 5.69 Å². The molecule has 39 heavy (non-hydrogen) atoms. The Hall–Kier alpha value is -3.64. The molecular formula is C33H36N4OS. The summed E-state index contributed by atoms with van der Waals surface area (Å²) in [5.41, 5.74) is 9.38. The maximum Gasteiger partial charge on any atom is 0.174 e. The number of nitrogens with zero attached hydrogens (tertiary/aromatic N) is 3. The molecule has 1 N–H and O–H groups in total. The van der Waals surface area contributed by atoms with E-state index in [1.54, 1.807) is 0 Å². The molecule has 2 atom stereocenters. The number of hydrogen-bond donors (Lipinski definition) is 1. The SMILES string of the molecule is Cc1cc(C)cc(-n2c(C)cc([C@@H]3[C@@H](c4ccccn4)NC(=S)N3c3ccc(OC4CCCC4)cc3)c2C)c1. The van der Waals surface area contributed by atoms with E-state index >= 15 is 0 Å². The summed E-state index contributed by atoms with van der Waals surface area (Å²) in [6, 6.07) is 23.4. The Kier molecular flexibility index (Phi) is 6.90. The molecule has 4 aromatic rings. The van der Waals surface area contributed by atoms with Crippen LogP contribution < -0.4 is 15.0 Å². The Morgan fingerprint density at radius 1 is 0.872 bits per heavy atom. The average molecular weight is 537 g/mol. The molecular weight excluding hydrogens is 500 g/mol. The maximum atomic E-state index is 6.25. The van der Waals surface area contributed by atoms with Crippen molar-refractivity contribution in [3.63, 3.8) is 0 Å². The van der Waals surface area contributed by atoms with Crippen LogP contribution in [0.5, 0.6) is 5.75 Å². The van der Waals surface area contributed by atoms with Crippen molar-refractivity contribution in [2.45, 2.75) is 71.6 Å². The molecule has 0 amide bonds. The number of nitrogens with one attached hydrogen (secondary N) is 1. The Morgan fingerprint density at radius 2 is 1.59 bits per heavy atom. The zero-order valence-corrected chi connectivity index (χ0v) is 24.0. The molecule has 2 aromatic heterocycles. The van der Waals surface area contributed by atoms with Gasteiger partial charge in [0.2, 0.25) is 0 Å². The molecule has 1 aliphatic carbocycles. The van der Waals surface area contributed by atoms with E-state index in [2.05, 4.69) is 97.1 Å². The van der Waals surface area contributed by atoms with Crippen molar-refractivity contribution in [1.82, 2.24) is 14.9 Å². The molecule has 1 saturated heterocycles. The van der Waals surface area contributed by atoms with Crippen LogP contribution in [0.2, 0.25) is 0 Å². The van der Waals surface area contributed by atoms with E-state index in [0.717, 1.165) is 30.0 Å². The van der Waals surface area contributed by atoms with Gasteiger partial charge in [0, 0.05) is 29.0 Å². The van der Waals surface area contributed by atoms with Crippen molar-refractivity contribution in [3.8, 4) is 11.4 Å². The Bertz CT molecular complexity index is 1470. The van der Waals surface area contributed by atoms with Crippen molar-refractivity contribution < 1.29 is 4.74 Å². The van der Waals surface area contributed by atoms with Gasteiger partial charge in [-0.3, -0.25) is 4.98 Å². The first kappa shape index (κ1) is 25.6. The smallest absolute Gasteiger partial charge is 0.174 e. The summed E-state index contributed by atoms with van der Waals surface area (Å²) < 4.78 is 8.61. The summed E-state index contributed by atoms with van der Waals surface area (Å²) in [7, 11) is 0. The Balaban J connectivity index is 1.42. The monoisotopic (exact) mass is 536 g/mol. The zero-order chi connectivity index (χ0) is 27.1. The van der Waals surface area contributed by atoms with Crippen LogP contribution in [0.15, 0.2) is 72.9 Å². The van der Waals surface area contributed by atoms with Crippen molar-refractivity contribution in [2.24, 2.45) is 0 Å². The lowest BCUT2D eigenvalue weighted by atomic mass is 9.96. The minimum atomic E-state index is -0.0821. The predicted molar refractivity (Wildman–Crippen MR) is 162 cm³/mol. The fourth-order valence-corrected chi connectivity index (χ4v) is 6.74. The van der Waals surface area contributed by atoms with Gasteiger partial charge >= 0.3 is 0 Å². The summed E-state index contributed by atoms with van der Waals surface area (Å²) in [5.74, 6) is 0.926. The number of hydrogen-bond acceptors (Lipinski definition) is 3. The van der Waals surface area contributed by atoms with Crippen LogP contribution >= 0.6 is 12.2 Å². The highest BCUT2D eigenvalue weighted by Gasteiger charge is 2.42. The van der Waals surface area contributed by atoms with E-state index in [-0.39, 0.29) is 12.1 Å². The summed E-state index contributed by atoms with van der Waals surface area (Å²) in [4.78, 5) is 6.99. The minimum absolute atomic E-state index is 0.0557. The van der Waals surface area contributed by atoms with Gasteiger partial charge in [-0.1, -0.05) is 12.1 Å². The minimum Gasteiger partial charge on any atom is -0.490 e. The molecule has 0 unspecified atom stereocenters. The molecule has 2 aliphatic rings. The number of anilines is 1. The van der Waals surface area contributed by atoms with Gasteiger partial charge < -0.3 is 19.5 Å². The van der Waals surface area contributed by atoms with E-state index in [4.69, 9.17) is 21.9 Å². The first-order valence-electron chi connectivity index (χ1n) is 13.9. The van der Waals surface area contributed by atoms with Gasteiger partial charge in [0.1, 0.15) is 5.75 Å².